The second-order valence-electron chi connectivity index (χ2n) is 13.4. The minimum absolute atomic E-state index is 0.244. The number of aromatic amines is 1. The van der Waals surface area contributed by atoms with Gasteiger partial charge in [0.05, 0.1) is 5.52 Å². The summed E-state index contributed by atoms with van der Waals surface area (Å²) in [5.74, 6) is 8.95. The highest BCUT2D eigenvalue weighted by atomic mass is 16.6. The zero-order valence-electron chi connectivity index (χ0n) is 28.8. The number of imidazole rings is 1. The van der Waals surface area contributed by atoms with E-state index in [4.69, 9.17) is 14.7 Å². The first-order chi connectivity index (χ1) is 22.2. The van der Waals surface area contributed by atoms with Gasteiger partial charge in [-0.1, -0.05) is 82.4 Å². The van der Waals surface area contributed by atoms with E-state index >= 15 is 0 Å². The molecule has 0 bridgehead atoms. The molecule has 2 heterocycles. The molecule has 0 unspecified atom stereocenters. The van der Waals surface area contributed by atoms with Crippen molar-refractivity contribution in [2.75, 3.05) is 18.9 Å². The number of amides is 1. The van der Waals surface area contributed by atoms with Gasteiger partial charge in [0, 0.05) is 42.6 Å². The molecule has 0 atom stereocenters. The van der Waals surface area contributed by atoms with Crippen molar-refractivity contribution in [2.24, 2.45) is 0 Å². The van der Waals surface area contributed by atoms with Crippen LogP contribution in [0.15, 0.2) is 48.5 Å². The molecule has 46 heavy (non-hydrogen) atoms. The Balaban J connectivity index is 1.26. The highest BCUT2D eigenvalue weighted by molar-refractivity contribution is 6.07. The second kappa shape index (κ2) is 17.0. The van der Waals surface area contributed by atoms with Crippen LogP contribution in [0.1, 0.15) is 123 Å². The number of carbonyl (C=O) groups is 1. The zero-order chi connectivity index (χ0) is 32.9. The summed E-state index contributed by atoms with van der Waals surface area (Å²) < 4.78 is 5.41. The third-order valence-corrected chi connectivity index (χ3v) is 8.14. The third-order valence-electron chi connectivity index (χ3n) is 8.14. The summed E-state index contributed by atoms with van der Waals surface area (Å²) in [7, 11) is 1.81. The number of nitrogens with zero attached hydrogens (tertiary/aromatic N) is 3. The molecule has 0 aliphatic carbocycles. The first kappa shape index (κ1) is 34.8. The van der Waals surface area contributed by atoms with Crippen LogP contribution in [0, 0.1) is 11.8 Å². The molecule has 0 saturated heterocycles. The molecule has 4 rings (SSSR count). The molecule has 0 aliphatic heterocycles. The normalized spacial score (nSPS) is 11.5. The molecular formula is C39H53N5O2. The molecule has 0 fully saturated rings. The van der Waals surface area contributed by atoms with Crippen LogP contribution >= 0.6 is 0 Å². The molecule has 0 radical (unpaired) electrons. The van der Waals surface area contributed by atoms with Gasteiger partial charge >= 0.3 is 6.09 Å². The van der Waals surface area contributed by atoms with Crippen LogP contribution in [0.3, 0.4) is 0 Å². The largest absolute Gasteiger partial charge is 0.444 e. The third kappa shape index (κ3) is 10.2. The van der Waals surface area contributed by atoms with Gasteiger partial charge in [0.25, 0.3) is 0 Å². The van der Waals surface area contributed by atoms with Crippen molar-refractivity contribution in [3.8, 4) is 11.8 Å². The lowest BCUT2D eigenvalue weighted by molar-refractivity contribution is 0.0296. The van der Waals surface area contributed by atoms with Gasteiger partial charge in [-0.05, 0) is 76.8 Å². The summed E-state index contributed by atoms with van der Waals surface area (Å²) in [4.78, 5) is 27.5. The number of anilines is 2. The number of unbranched alkanes of at least 4 members (excludes halogenated alkanes) is 6. The summed E-state index contributed by atoms with van der Waals surface area (Å²) in [6.07, 6.45) is 12.0. The average Bonchev–Trinajstić information content (AvgIpc) is 3.48. The topological polar surface area (TPSA) is 83.1 Å². The van der Waals surface area contributed by atoms with Crippen LogP contribution in [0.2, 0.25) is 0 Å². The standard InChI is InChI=1S/C39H53N5O2/c1-7-19-30(20-8-2)36-42-34-32-22-16-17-23-33(32)41-37(35(34)43-36)40-31-26-24-29(25-27-31)21-15-13-11-9-10-12-14-18-28-44(6)38(45)46-39(3,4)5/h16-17,22-27,30H,7-14,18-20,28H2,1-6H3,(H,40,41)(H,42,43). The van der Waals surface area contributed by atoms with Crippen molar-refractivity contribution >= 4 is 39.5 Å². The molecule has 0 aliphatic rings. The lowest BCUT2D eigenvalue weighted by atomic mass is 9.98. The zero-order valence-corrected chi connectivity index (χ0v) is 28.8. The lowest BCUT2D eigenvalue weighted by Gasteiger charge is -2.24. The number of nitrogens with one attached hydrogen (secondary N) is 2. The van der Waals surface area contributed by atoms with Crippen molar-refractivity contribution in [2.45, 2.75) is 117 Å². The number of benzene rings is 2. The number of H-pyrrole nitrogens is 1. The maximum absolute atomic E-state index is 12.0. The van der Waals surface area contributed by atoms with E-state index in [1.54, 1.807) is 4.90 Å². The Morgan fingerprint density at radius 1 is 0.935 bits per heavy atom. The summed E-state index contributed by atoms with van der Waals surface area (Å²) in [5, 5.41) is 4.63. The van der Waals surface area contributed by atoms with E-state index in [9.17, 15) is 4.79 Å². The van der Waals surface area contributed by atoms with Crippen molar-refractivity contribution in [3.63, 3.8) is 0 Å². The lowest BCUT2D eigenvalue weighted by Crippen LogP contribution is -2.34. The highest BCUT2D eigenvalue weighted by Crippen LogP contribution is 2.33. The quantitative estimate of drug-likeness (QED) is 0.102. The first-order valence-electron chi connectivity index (χ1n) is 17.3. The van der Waals surface area contributed by atoms with Gasteiger partial charge in [-0.2, -0.15) is 0 Å². The van der Waals surface area contributed by atoms with Crippen LogP contribution in [0.25, 0.3) is 21.9 Å². The molecule has 4 aromatic rings. The molecule has 0 spiro atoms. The van der Waals surface area contributed by atoms with Crippen LogP contribution in [0.4, 0.5) is 16.3 Å². The number of para-hydroxylation sites is 1. The number of carbonyl (C=O) groups excluding carboxylic acids is 1. The molecule has 246 valence electrons. The fourth-order valence-electron chi connectivity index (χ4n) is 5.74. The predicted octanol–water partition coefficient (Wildman–Crippen LogP) is 10.5. The smallest absolute Gasteiger partial charge is 0.410 e. The van der Waals surface area contributed by atoms with E-state index in [1.807, 2.05) is 33.9 Å². The van der Waals surface area contributed by atoms with E-state index in [0.29, 0.717) is 5.92 Å². The average molecular weight is 624 g/mol. The number of aromatic nitrogens is 3. The van der Waals surface area contributed by atoms with Gasteiger partial charge in [0.15, 0.2) is 5.82 Å². The van der Waals surface area contributed by atoms with Gasteiger partial charge in [-0.15, -0.1) is 0 Å². The monoisotopic (exact) mass is 623 g/mol. The van der Waals surface area contributed by atoms with E-state index in [0.717, 1.165) is 103 Å². The number of rotatable bonds is 15. The van der Waals surface area contributed by atoms with E-state index in [-0.39, 0.29) is 6.09 Å². The minimum Gasteiger partial charge on any atom is -0.444 e. The maximum Gasteiger partial charge on any atom is 0.410 e. The molecule has 0 saturated carbocycles. The van der Waals surface area contributed by atoms with Crippen molar-refractivity contribution < 1.29 is 9.53 Å². The Labute approximate surface area is 275 Å². The number of hydrogen-bond acceptors (Lipinski definition) is 5. The molecular weight excluding hydrogens is 570 g/mol. The summed E-state index contributed by atoms with van der Waals surface area (Å²) in [6.45, 7) is 10.9. The number of hydrogen-bond donors (Lipinski definition) is 2. The summed E-state index contributed by atoms with van der Waals surface area (Å²) in [6, 6.07) is 16.5. The van der Waals surface area contributed by atoms with Crippen molar-refractivity contribution in [3.05, 3.63) is 59.9 Å². The Morgan fingerprint density at radius 3 is 2.30 bits per heavy atom. The van der Waals surface area contributed by atoms with E-state index in [2.05, 4.69) is 78.5 Å². The van der Waals surface area contributed by atoms with Crippen LogP contribution in [0.5, 0.6) is 0 Å². The van der Waals surface area contributed by atoms with Gasteiger partial charge in [-0.3, -0.25) is 0 Å². The van der Waals surface area contributed by atoms with E-state index < -0.39 is 5.60 Å². The maximum atomic E-state index is 12.0. The van der Waals surface area contributed by atoms with Crippen LogP contribution in [-0.2, 0) is 4.74 Å². The Kier molecular flexibility index (Phi) is 12.9. The number of pyridine rings is 1. The molecule has 2 N–H and O–H groups in total. The summed E-state index contributed by atoms with van der Waals surface area (Å²) >= 11 is 0. The molecule has 2 aromatic carbocycles. The summed E-state index contributed by atoms with van der Waals surface area (Å²) in [5.41, 5.74) is 4.42. The van der Waals surface area contributed by atoms with Gasteiger partial charge < -0.3 is 19.9 Å². The van der Waals surface area contributed by atoms with Gasteiger partial charge in [-0.25, -0.2) is 14.8 Å². The highest BCUT2D eigenvalue weighted by Gasteiger charge is 2.20. The molecule has 2 aromatic heterocycles. The molecule has 7 heteroatoms. The van der Waals surface area contributed by atoms with Crippen LogP contribution in [-0.4, -0.2) is 45.1 Å². The second-order valence-corrected chi connectivity index (χ2v) is 13.4. The molecule has 1 amide bonds. The fourth-order valence-corrected chi connectivity index (χ4v) is 5.74. The Morgan fingerprint density at radius 2 is 1.61 bits per heavy atom. The minimum atomic E-state index is -0.448. The van der Waals surface area contributed by atoms with Gasteiger partial charge in [0.2, 0.25) is 0 Å². The fraction of sp³-hybridized carbons (Fsp3) is 0.513. The van der Waals surface area contributed by atoms with Gasteiger partial charge in [0.1, 0.15) is 22.5 Å². The van der Waals surface area contributed by atoms with Crippen molar-refractivity contribution in [1.82, 2.24) is 19.9 Å². The number of ether oxygens (including phenoxy) is 1. The Bertz CT molecular complexity index is 1600. The molecule has 7 nitrogen and oxygen atoms in total. The SMILES string of the molecule is CCCC(CCC)c1nc2c([nH]1)c(Nc1ccc(C#CCCCCCCCCN(C)C(=O)OC(C)(C)C)cc1)nc1ccccc12. The van der Waals surface area contributed by atoms with Crippen LogP contribution < -0.4 is 5.32 Å². The first-order valence-corrected chi connectivity index (χ1v) is 17.3. The number of fused-ring (bicyclic) bond motifs is 3. The van der Waals surface area contributed by atoms with E-state index in [1.165, 1.54) is 19.3 Å². The van der Waals surface area contributed by atoms with Crippen molar-refractivity contribution in [1.29, 1.82) is 0 Å². The Hall–Kier alpha value is -4.05. The predicted molar refractivity (Wildman–Crippen MR) is 192 cm³/mol.